The lowest BCUT2D eigenvalue weighted by Crippen LogP contribution is -2.37. The first kappa shape index (κ1) is 26.0. The molecule has 0 bridgehead atoms. The Morgan fingerprint density at radius 2 is 1.67 bits per heavy atom. The second kappa shape index (κ2) is 15.8. The standard InChI is InChI=1S/C23H33N3O3.HI/c1-4-24-23(25-16-8-9-17-28-5-2)26-18-19-12-14-20(15-13-19)29-22-11-7-6-10-21(22)27-3;/h6-7,10-15H,4-5,8-9,16-18H2,1-3H3,(H2,24,25,26);1H. The molecule has 2 aromatic rings. The van der Waals surface area contributed by atoms with Gasteiger partial charge in [0, 0.05) is 26.3 Å². The van der Waals surface area contributed by atoms with Gasteiger partial charge in [-0.05, 0) is 56.5 Å². The molecule has 0 fully saturated rings. The quantitative estimate of drug-likeness (QED) is 0.177. The summed E-state index contributed by atoms with van der Waals surface area (Å²) < 4.78 is 16.6. The Morgan fingerprint density at radius 3 is 2.33 bits per heavy atom. The van der Waals surface area contributed by atoms with E-state index in [0.29, 0.717) is 18.0 Å². The summed E-state index contributed by atoms with van der Waals surface area (Å²) in [5.41, 5.74) is 1.12. The van der Waals surface area contributed by atoms with Crippen molar-refractivity contribution in [3.8, 4) is 17.2 Å². The van der Waals surface area contributed by atoms with Crippen molar-refractivity contribution in [2.45, 2.75) is 33.2 Å². The first-order valence-corrected chi connectivity index (χ1v) is 10.3. The summed E-state index contributed by atoms with van der Waals surface area (Å²) in [7, 11) is 1.64. The molecule has 0 aliphatic rings. The second-order valence-electron chi connectivity index (χ2n) is 6.42. The number of rotatable bonds is 12. The van der Waals surface area contributed by atoms with E-state index in [-0.39, 0.29) is 24.0 Å². The van der Waals surface area contributed by atoms with E-state index in [2.05, 4.69) is 22.5 Å². The molecule has 0 amide bonds. The van der Waals surface area contributed by atoms with Gasteiger partial charge in [-0.2, -0.15) is 0 Å². The Morgan fingerprint density at radius 1 is 0.933 bits per heavy atom. The maximum Gasteiger partial charge on any atom is 0.191 e. The third kappa shape index (κ3) is 9.67. The molecule has 6 nitrogen and oxygen atoms in total. The fourth-order valence-electron chi connectivity index (χ4n) is 2.69. The number of ether oxygens (including phenoxy) is 3. The average molecular weight is 527 g/mol. The molecule has 0 heterocycles. The molecule has 0 saturated heterocycles. The van der Waals surface area contributed by atoms with E-state index in [0.717, 1.165) is 56.4 Å². The smallest absolute Gasteiger partial charge is 0.191 e. The summed E-state index contributed by atoms with van der Waals surface area (Å²) in [6.45, 7) is 7.99. The van der Waals surface area contributed by atoms with Crippen molar-refractivity contribution in [1.82, 2.24) is 10.6 Å². The third-order valence-electron chi connectivity index (χ3n) is 4.20. The summed E-state index contributed by atoms with van der Waals surface area (Å²) in [4.78, 5) is 4.66. The maximum atomic E-state index is 5.92. The zero-order chi connectivity index (χ0) is 20.7. The molecule has 0 radical (unpaired) electrons. The maximum absolute atomic E-state index is 5.92. The van der Waals surface area contributed by atoms with Gasteiger partial charge in [-0.1, -0.05) is 24.3 Å². The number of unbranched alkanes of at least 4 members (excludes halogenated alkanes) is 1. The van der Waals surface area contributed by atoms with E-state index in [1.165, 1.54) is 0 Å². The molecule has 2 aromatic carbocycles. The van der Waals surface area contributed by atoms with E-state index < -0.39 is 0 Å². The molecule has 0 aliphatic heterocycles. The molecule has 0 atom stereocenters. The van der Waals surface area contributed by atoms with Crippen LogP contribution in [0, 0.1) is 0 Å². The van der Waals surface area contributed by atoms with Crippen molar-refractivity contribution < 1.29 is 14.2 Å². The highest BCUT2D eigenvalue weighted by molar-refractivity contribution is 14.0. The first-order valence-electron chi connectivity index (χ1n) is 10.3. The minimum atomic E-state index is 0. The largest absolute Gasteiger partial charge is 0.493 e. The Labute approximate surface area is 197 Å². The lowest BCUT2D eigenvalue weighted by atomic mass is 10.2. The van der Waals surface area contributed by atoms with Gasteiger partial charge in [0.2, 0.25) is 0 Å². The Kier molecular flexibility index (Phi) is 13.7. The van der Waals surface area contributed by atoms with Crippen LogP contribution in [0.4, 0.5) is 0 Å². The molecule has 0 saturated carbocycles. The normalized spacial score (nSPS) is 10.8. The fourth-order valence-corrected chi connectivity index (χ4v) is 2.69. The van der Waals surface area contributed by atoms with Gasteiger partial charge in [-0.3, -0.25) is 0 Å². The zero-order valence-corrected chi connectivity index (χ0v) is 20.5. The van der Waals surface area contributed by atoms with Crippen LogP contribution in [0.1, 0.15) is 32.3 Å². The summed E-state index contributed by atoms with van der Waals surface area (Å²) in [6.07, 6.45) is 2.10. The molecular weight excluding hydrogens is 493 g/mol. The summed E-state index contributed by atoms with van der Waals surface area (Å²) in [5, 5.41) is 6.65. The SMILES string of the molecule is CCNC(=NCc1ccc(Oc2ccccc2OC)cc1)NCCCCOCC.I. The number of para-hydroxylation sites is 2. The van der Waals surface area contributed by atoms with Crippen LogP contribution in [-0.2, 0) is 11.3 Å². The number of hydrogen-bond acceptors (Lipinski definition) is 4. The highest BCUT2D eigenvalue weighted by atomic mass is 127. The number of guanidine groups is 1. The number of aliphatic imine (C=N–C) groups is 1. The van der Waals surface area contributed by atoms with E-state index in [9.17, 15) is 0 Å². The van der Waals surface area contributed by atoms with Gasteiger partial charge < -0.3 is 24.8 Å². The van der Waals surface area contributed by atoms with Crippen LogP contribution in [0.5, 0.6) is 17.2 Å². The second-order valence-corrected chi connectivity index (χ2v) is 6.42. The minimum absolute atomic E-state index is 0. The zero-order valence-electron chi connectivity index (χ0n) is 18.1. The van der Waals surface area contributed by atoms with Crippen LogP contribution in [0.15, 0.2) is 53.5 Å². The Bertz CT molecular complexity index is 739. The van der Waals surface area contributed by atoms with Gasteiger partial charge in [0.1, 0.15) is 5.75 Å². The molecule has 7 heteroatoms. The predicted octanol–water partition coefficient (Wildman–Crippen LogP) is 4.98. The van der Waals surface area contributed by atoms with Gasteiger partial charge in [0.05, 0.1) is 13.7 Å². The van der Waals surface area contributed by atoms with Crippen LogP contribution in [0.25, 0.3) is 0 Å². The van der Waals surface area contributed by atoms with Gasteiger partial charge in [0.15, 0.2) is 17.5 Å². The predicted molar refractivity (Wildman–Crippen MR) is 133 cm³/mol. The van der Waals surface area contributed by atoms with E-state index >= 15 is 0 Å². The van der Waals surface area contributed by atoms with Crippen LogP contribution < -0.4 is 20.1 Å². The molecule has 0 aliphatic carbocycles. The Hall–Kier alpha value is -2.00. The highest BCUT2D eigenvalue weighted by Gasteiger charge is 2.04. The topological polar surface area (TPSA) is 64.1 Å². The fraction of sp³-hybridized carbons (Fsp3) is 0.435. The van der Waals surface area contributed by atoms with Crippen LogP contribution in [-0.4, -0.2) is 39.4 Å². The number of benzene rings is 2. The van der Waals surface area contributed by atoms with E-state index in [1.54, 1.807) is 7.11 Å². The van der Waals surface area contributed by atoms with Crippen molar-refractivity contribution in [3.63, 3.8) is 0 Å². The number of hydrogen-bond donors (Lipinski definition) is 2. The average Bonchev–Trinajstić information content (AvgIpc) is 2.75. The summed E-state index contributed by atoms with van der Waals surface area (Å²) in [6, 6.07) is 15.6. The van der Waals surface area contributed by atoms with Crippen molar-refractivity contribution >= 4 is 29.9 Å². The summed E-state index contributed by atoms with van der Waals surface area (Å²) >= 11 is 0. The third-order valence-corrected chi connectivity index (χ3v) is 4.20. The molecule has 0 unspecified atom stereocenters. The van der Waals surface area contributed by atoms with E-state index in [1.807, 2.05) is 55.5 Å². The number of methoxy groups -OCH3 is 1. The number of halogens is 1. The minimum Gasteiger partial charge on any atom is -0.493 e. The van der Waals surface area contributed by atoms with Crippen molar-refractivity contribution in [1.29, 1.82) is 0 Å². The molecule has 0 spiro atoms. The van der Waals surface area contributed by atoms with Crippen LogP contribution >= 0.6 is 24.0 Å². The van der Waals surface area contributed by atoms with Crippen molar-refractivity contribution in [2.75, 3.05) is 33.4 Å². The van der Waals surface area contributed by atoms with Gasteiger partial charge in [0.25, 0.3) is 0 Å². The van der Waals surface area contributed by atoms with Crippen LogP contribution in [0.3, 0.4) is 0 Å². The van der Waals surface area contributed by atoms with Gasteiger partial charge in [-0.15, -0.1) is 24.0 Å². The lowest BCUT2D eigenvalue weighted by Gasteiger charge is -2.12. The molecule has 166 valence electrons. The highest BCUT2D eigenvalue weighted by Crippen LogP contribution is 2.30. The molecule has 0 aromatic heterocycles. The number of nitrogens with one attached hydrogen (secondary N) is 2. The Balaban J connectivity index is 0.00000450. The molecule has 30 heavy (non-hydrogen) atoms. The molecular formula is C23H34IN3O3. The first-order chi connectivity index (χ1) is 14.3. The molecule has 2 rings (SSSR count). The van der Waals surface area contributed by atoms with Crippen molar-refractivity contribution in [3.05, 3.63) is 54.1 Å². The van der Waals surface area contributed by atoms with E-state index in [4.69, 9.17) is 14.2 Å². The lowest BCUT2D eigenvalue weighted by molar-refractivity contribution is 0.143. The summed E-state index contributed by atoms with van der Waals surface area (Å²) in [5.74, 6) is 3.01. The number of nitrogens with zero attached hydrogens (tertiary/aromatic N) is 1. The van der Waals surface area contributed by atoms with Gasteiger partial charge in [-0.25, -0.2) is 4.99 Å². The van der Waals surface area contributed by atoms with Crippen LogP contribution in [0.2, 0.25) is 0 Å². The molecule has 2 N–H and O–H groups in total. The van der Waals surface area contributed by atoms with Gasteiger partial charge >= 0.3 is 0 Å². The monoisotopic (exact) mass is 527 g/mol. The van der Waals surface area contributed by atoms with Crippen molar-refractivity contribution in [2.24, 2.45) is 4.99 Å².